The number of nitrogens with one attached hydrogen (secondary N) is 1. The third-order valence-electron chi connectivity index (χ3n) is 6.10. The second-order valence-corrected chi connectivity index (χ2v) is 7.85. The Morgan fingerprint density at radius 3 is 2.84 bits per heavy atom. The van der Waals surface area contributed by atoms with Gasteiger partial charge in [-0.1, -0.05) is 12.8 Å². The van der Waals surface area contributed by atoms with Gasteiger partial charge in [0.25, 0.3) is 0 Å². The van der Waals surface area contributed by atoms with Crippen LogP contribution >= 0.6 is 0 Å². The molecule has 1 aromatic rings. The highest BCUT2D eigenvalue weighted by atomic mass is 16.5. The third-order valence-corrected chi connectivity index (χ3v) is 6.10. The number of carbonyl (C=O) groups excluding carboxylic acids is 1. The lowest BCUT2D eigenvalue weighted by Gasteiger charge is -2.37. The second kappa shape index (κ2) is 7.87. The normalized spacial score (nSPS) is 25.8. The summed E-state index contributed by atoms with van der Waals surface area (Å²) in [5, 5.41) is 7.65. The largest absolute Gasteiger partial charge is 0.381 e. The molecule has 138 valence electrons. The maximum Gasteiger partial charge on any atom is 0.222 e. The van der Waals surface area contributed by atoms with E-state index in [0.29, 0.717) is 18.4 Å². The molecule has 25 heavy (non-hydrogen) atoms. The minimum atomic E-state index is 0.159. The standard InChI is InChI=1S/C19H30N4O2/c24-19(20-12-15-6-9-25-10-7-15)11-18-14-22(16-3-1-2-4-16)13-17-5-8-21-23(17)18/h5,8,15-16,18H,1-4,6-7,9-14H2,(H,20,24)/t18-/m1/s1. The van der Waals surface area contributed by atoms with Crippen LogP contribution in [-0.2, 0) is 16.1 Å². The first-order valence-electron chi connectivity index (χ1n) is 9.90. The molecule has 4 rings (SSSR count). The van der Waals surface area contributed by atoms with Crippen molar-refractivity contribution in [3.63, 3.8) is 0 Å². The molecule has 0 bridgehead atoms. The highest BCUT2D eigenvalue weighted by molar-refractivity contribution is 5.76. The second-order valence-electron chi connectivity index (χ2n) is 7.85. The molecule has 2 fully saturated rings. The zero-order chi connectivity index (χ0) is 17.1. The van der Waals surface area contributed by atoms with E-state index in [4.69, 9.17) is 4.74 Å². The van der Waals surface area contributed by atoms with Gasteiger partial charge in [0, 0.05) is 45.1 Å². The molecule has 1 atom stereocenters. The van der Waals surface area contributed by atoms with Crippen LogP contribution in [0.15, 0.2) is 12.3 Å². The molecule has 0 aromatic carbocycles. The van der Waals surface area contributed by atoms with Crippen molar-refractivity contribution in [2.75, 3.05) is 26.3 Å². The average Bonchev–Trinajstić information content (AvgIpc) is 3.32. The van der Waals surface area contributed by atoms with Crippen LogP contribution in [0.1, 0.15) is 56.7 Å². The molecular weight excluding hydrogens is 316 g/mol. The van der Waals surface area contributed by atoms with Gasteiger partial charge in [0.05, 0.1) is 18.2 Å². The summed E-state index contributed by atoms with van der Waals surface area (Å²) < 4.78 is 7.47. The number of amides is 1. The number of nitrogens with zero attached hydrogens (tertiary/aromatic N) is 3. The molecule has 2 aliphatic heterocycles. The minimum Gasteiger partial charge on any atom is -0.381 e. The number of hydrogen-bond acceptors (Lipinski definition) is 4. The van der Waals surface area contributed by atoms with E-state index >= 15 is 0 Å². The highest BCUT2D eigenvalue weighted by Gasteiger charge is 2.32. The Balaban J connectivity index is 1.34. The van der Waals surface area contributed by atoms with Crippen molar-refractivity contribution in [1.29, 1.82) is 0 Å². The highest BCUT2D eigenvalue weighted by Crippen LogP contribution is 2.30. The van der Waals surface area contributed by atoms with Gasteiger partial charge in [-0.3, -0.25) is 14.4 Å². The predicted molar refractivity (Wildman–Crippen MR) is 95.1 cm³/mol. The lowest BCUT2D eigenvalue weighted by molar-refractivity contribution is -0.122. The van der Waals surface area contributed by atoms with Gasteiger partial charge in [0.15, 0.2) is 0 Å². The Labute approximate surface area is 149 Å². The Morgan fingerprint density at radius 2 is 2.04 bits per heavy atom. The zero-order valence-corrected chi connectivity index (χ0v) is 15.0. The topological polar surface area (TPSA) is 59.4 Å². The Bertz CT molecular complexity index is 576. The Kier molecular flexibility index (Phi) is 5.36. The van der Waals surface area contributed by atoms with E-state index in [1.165, 1.54) is 31.4 Å². The van der Waals surface area contributed by atoms with Crippen LogP contribution in [0.5, 0.6) is 0 Å². The van der Waals surface area contributed by atoms with Crippen molar-refractivity contribution in [1.82, 2.24) is 20.0 Å². The van der Waals surface area contributed by atoms with Crippen LogP contribution in [0.3, 0.4) is 0 Å². The average molecular weight is 346 g/mol. The fourth-order valence-electron chi connectivity index (χ4n) is 4.61. The molecule has 1 aliphatic carbocycles. The SMILES string of the molecule is O=C(C[C@@H]1CN(C2CCCC2)Cc2ccnn21)NCC1CCOCC1. The molecular formula is C19H30N4O2. The van der Waals surface area contributed by atoms with E-state index in [-0.39, 0.29) is 11.9 Å². The number of fused-ring (bicyclic) bond motifs is 1. The third kappa shape index (κ3) is 4.06. The zero-order valence-electron chi connectivity index (χ0n) is 15.0. The molecule has 3 heterocycles. The molecule has 6 nitrogen and oxygen atoms in total. The number of hydrogen-bond donors (Lipinski definition) is 1. The molecule has 0 radical (unpaired) electrons. The summed E-state index contributed by atoms with van der Waals surface area (Å²) in [6.45, 7) is 4.37. The van der Waals surface area contributed by atoms with E-state index in [1.54, 1.807) is 0 Å². The fraction of sp³-hybridized carbons (Fsp3) is 0.789. The van der Waals surface area contributed by atoms with Crippen molar-refractivity contribution in [3.8, 4) is 0 Å². The molecule has 6 heteroatoms. The van der Waals surface area contributed by atoms with Crippen molar-refractivity contribution in [2.45, 2.75) is 63.6 Å². The van der Waals surface area contributed by atoms with E-state index in [0.717, 1.165) is 45.7 Å². The summed E-state index contributed by atoms with van der Waals surface area (Å²) in [7, 11) is 0. The Morgan fingerprint density at radius 1 is 1.24 bits per heavy atom. The number of aromatic nitrogens is 2. The van der Waals surface area contributed by atoms with Gasteiger partial charge in [0.2, 0.25) is 5.91 Å². The molecule has 1 saturated carbocycles. The summed E-state index contributed by atoms with van der Waals surface area (Å²) in [6, 6.07) is 2.96. The quantitative estimate of drug-likeness (QED) is 0.887. The predicted octanol–water partition coefficient (Wildman–Crippen LogP) is 2.12. The maximum atomic E-state index is 12.5. The van der Waals surface area contributed by atoms with Crippen molar-refractivity contribution in [2.24, 2.45) is 5.92 Å². The van der Waals surface area contributed by atoms with Crippen molar-refractivity contribution in [3.05, 3.63) is 18.0 Å². The molecule has 0 spiro atoms. The van der Waals surface area contributed by atoms with E-state index in [9.17, 15) is 4.79 Å². The van der Waals surface area contributed by atoms with Gasteiger partial charge in [-0.25, -0.2) is 0 Å². The molecule has 0 unspecified atom stereocenters. The first-order chi connectivity index (χ1) is 12.3. The van der Waals surface area contributed by atoms with Gasteiger partial charge < -0.3 is 10.1 Å². The summed E-state index contributed by atoms with van der Waals surface area (Å²) in [5.74, 6) is 0.727. The van der Waals surface area contributed by atoms with Crippen LogP contribution in [0.25, 0.3) is 0 Å². The Hall–Kier alpha value is -1.40. The lowest BCUT2D eigenvalue weighted by atomic mass is 10.0. The monoisotopic (exact) mass is 346 g/mol. The van der Waals surface area contributed by atoms with E-state index in [1.807, 2.05) is 6.20 Å². The van der Waals surface area contributed by atoms with Crippen LogP contribution < -0.4 is 5.32 Å². The van der Waals surface area contributed by atoms with Crippen LogP contribution in [0.4, 0.5) is 0 Å². The molecule has 1 amide bonds. The minimum absolute atomic E-state index is 0.159. The summed E-state index contributed by atoms with van der Waals surface area (Å²) >= 11 is 0. The number of carbonyl (C=O) groups is 1. The fourth-order valence-corrected chi connectivity index (χ4v) is 4.61. The molecule has 1 aromatic heterocycles. The first-order valence-corrected chi connectivity index (χ1v) is 9.90. The maximum absolute atomic E-state index is 12.5. The van der Waals surface area contributed by atoms with Gasteiger partial charge in [-0.05, 0) is 37.7 Å². The smallest absolute Gasteiger partial charge is 0.222 e. The van der Waals surface area contributed by atoms with Crippen LogP contribution in [0.2, 0.25) is 0 Å². The van der Waals surface area contributed by atoms with Crippen molar-refractivity contribution < 1.29 is 9.53 Å². The van der Waals surface area contributed by atoms with Gasteiger partial charge in [0.1, 0.15) is 0 Å². The summed E-state index contributed by atoms with van der Waals surface area (Å²) in [5.41, 5.74) is 1.25. The first kappa shape index (κ1) is 17.0. The molecule has 1 N–H and O–H groups in total. The number of ether oxygens (including phenoxy) is 1. The van der Waals surface area contributed by atoms with E-state index in [2.05, 4.69) is 26.1 Å². The van der Waals surface area contributed by atoms with Gasteiger partial charge >= 0.3 is 0 Å². The van der Waals surface area contributed by atoms with Crippen LogP contribution in [-0.4, -0.2) is 52.9 Å². The van der Waals surface area contributed by atoms with Crippen molar-refractivity contribution >= 4 is 5.91 Å². The number of rotatable bonds is 5. The van der Waals surface area contributed by atoms with E-state index < -0.39 is 0 Å². The summed E-state index contributed by atoms with van der Waals surface area (Å²) in [6.07, 6.45) is 9.81. The lowest BCUT2D eigenvalue weighted by Crippen LogP contribution is -2.44. The van der Waals surface area contributed by atoms with Gasteiger partial charge in [-0.15, -0.1) is 0 Å². The molecule has 3 aliphatic rings. The van der Waals surface area contributed by atoms with Gasteiger partial charge in [-0.2, -0.15) is 5.10 Å². The van der Waals surface area contributed by atoms with Crippen LogP contribution in [0, 0.1) is 5.92 Å². The summed E-state index contributed by atoms with van der Waals surface area (Å²) in [4.78, 5) is 15.1. The molecule has 1 saturated heterocycles.